The fourth-order valence-electron chi connectivity index (χ4n) is 1.64. The van der Waals surface area contributed by atoms with E-state index in [2.05, 4.69) is 29.8 Å². The van der Waals surface area contributed by atoms with Crippen LogP contribution in [0, 0.1) is 0 Å². The summed E-state index contributed by atoms with van der Waals surface area (Å²) in [7, 11) is 3.01. The number of anilines is 1. The number of nitrogens with zero attached hydrogens (tertiary/aromatic N) is 5. The third-order valence-electron chi connectivity index (χ3n) is 2.64. The quantitative estimate of drug-likeness (QED) is 0.720. The first-order chi connectivity index (χ1) is 9.81. The Hall–Kier alpha value is -2.38. The molecule has 1 N–H and O–H groups in total. The Kier molecular flexibility index (Phi) is 5.10. The van der Waals surface area contributed by atoms with Gasteiger partial charge in [-0.2, -0.15) is 9.97 Å². The van der Waals surface area contributed by atoms with E-state index in [0.717, 1.165) is 25.9 Å². The first-order valence-electron chi connectivity index (χ1n) is 6.35. The second-order valence-corrected chi connectivity index (χ2v) is 4.07. The maximum absolute atomic E-state index is 4.98. The number of nitrogens with one attached hydrogen (secondary N) is 1. The molecule has 2 rings (SSSR count). The van der Waals surface area contributed by atoms with Crippen LogP contribution in [0.1, 0.15) is 12.8 Å². The first-order valence-corrected chi connectivity index (χ1v) is 6.35. The van der Waals surface area contributed by atoms with Gasteiger partial charge in [0.2, 0.25) is 5.95 Å². The van der Waals surface area contributed by atoms with E-state index in [1.54, 1.807) is 6.20 Å². The van der Waals surface area contributed by atoms with Crippen molar-refractivity contribution < 1.29 is 9.47 Å². The Morgan fingerprint density at radius 2 is 1.85 bits per heavy atom. The minimum atomic E-state index is 0.234. The van der Waals surface area contributed by atoms with Gasteiger partial charge in [-0.25, -0.2) is 4.98 Å². The van der Waals surface area contributed by atoms with Crippen LogP contribution in [0.2, 0.25) is 0 Å². The summed E-state index contributed by atoms with van der Waals surface area (Å²) in [5, 5.41) is 3.13. The van der Waals surface area contributed by atoms with Crippen LogP contribution in [0.15, 0.2) is 18.7 Å². The summed E-state index contributed by atoms with van der Waals surface area (Å²) in [5.74, 6) is 0.455. The SMILES string of the molecule is COc1nc(NCCCCn2ccnc2)nc(OC)n1. The summed E-state index contributed by atoms with van der Waals surface area (Å²) in [6.45, 7) is 1.72. The Balaban J connectivity index is 1.75. The third-order valence-corrected chi connectivity index (χ3v) is 2.64. The molecule has 2 aromatic rings. The second kappa shape index (κ2) is 7.27. The molecule has 0 aromatic carbocycles. The summed E-state index contributed by atoms with van der Waals surface area (Å²) in [6, 6.07) is 0.468. The number of hydrogen-bond donors (Lipinski definition) is 1. The van der Waals surface area contributed by atoms with Gasteiger partial charge in [0.05, 0.1) is 20.5 Å². The van der Waals surface area contributed by atoms with E-state index in [1.807, 2.05) is 12.5 Å². The summed E-state index contributed by atoms with van der Waals surface area (Å²) in [5.41, 5.74) is 0. The molecule has 0 radical (unpaired) electrons. The number of aryl methyl sites for hydroxylation is 1. The number of methoxy groups -OCH3 is 2. The standard InChI is InChI=1S/C12H18N6O2/c1-19-11-15-10(16-12(17-11)20-2)14-5-3-4-7-18-8-6-13-9-18/h6,8-9H,3-5,7H2,1-2H3,(H,14,15,16,17). The lowest BCUT2D eigenvalue weighted by atomic mass is 10.3. The van der Waals surface area contributed by atoms with Crippen molar-refractivity contribution >= 4 is 5.95 Å². The molecule has 0 bridgehead atoms. The predicted molar refractivity (Wildman–Crippen MR) is 72.9 cm³/mol. The lowest BCUT2D eigenvalue weighted by molar-refractivity contribution is 0.341. The molecule has 0 fully saturated rings. The normalized spacial score (nSPS) is 10.3. The highest BCUT2D eigenvalue weighted by Gasteiger charge is 2.06. The van der Waals surface area contributed by atoms with Crippen LogP contribution < -0.4 is 14.8 Å². The van der Waals surface area contributed by atoms with Gasteiger partial charge in [0.15, 0.2) is 0 Å². The number of ether oxygens (including phenoxy) is 2. The maximum Gasteiger partial charge on any atom is 0.324 e. The molecule has 2 aromatic heterocycles. The van der Waals surface area contributed by atoms with E-state index in [1.165, 1.54) is 14.2 Å². The fourth-order valence-corrected chi connectivity index (χ4v) is 1.64. The first kappa shape index (κ1) is 14.0. The lowest BCUT2D eigenvalue weighted by Gasteiger charge is -2.07. The van der Waals surface area contributed by atoms with Crippen LogP contribution in [-0.4, -0.2) is 45.3 Å². The fraction of sp³-hybridized carbons (Fsp3) is 0.500. The molecule has 0 saturated heterocycles. The monoisotopic (exact) mass is 278 g/mol. The number of imidazole rings is 1. The number of rotatable bonds is 8. The van der Waals surface area contributed by atoms with Gasteiger partial charge >= 0.3 is 12.0 Å². The van der Waals surface area contributed by atoms with Crippen LogP contribution in [0.3, 0.4) is 0 Å². The molecule has 0 aliphatic heterocycles. The smallest absolute Gasteiger partial charge is 0.324 e. The lowest BCUT2D eigenvalue weighted by Crippen LogP contribution is -2.09. The van der Waals surface area contributed by atoms with Crippen LogP contribution in [0.5, 0.6) is 12.0 Å². The summed E-state index contributed by atoms with van der Waals surface area (Å²) in [4.78, 5) is 16.1. The van der Waals surface area contributed by atoms with Crippen LogP contribution in [0.4, 0.5) is 5.95 Å². The van der Waals surface area contributed by atoms with Gasteiger partial charge in [0.25, 0.3) is 0 Å². The van der Waals surface area contributed by atoms with Gasteiger partial charge in [0, 0.05) is 25.5 Å². The van der Waals surface area contributed by atoms with Crippen molar-refractivity contribution in [1.29, 1.82) is 0 Å². The maximum atomic E-state index is 4.98. The van der Waals surface area contributed by atoms with Crippen molar-refractivity contribution in [2.24, 2.45) is 0 Å². The number of hydrogen-bond acceptors (Lipinski definition) is 7. The minimum absolute atomic E-state index is 0.234. The van der Waals surface area contributed by atoms with Crippen molar-refractivity contribution in [2.45, 2.75) is 19.4 Å². The van der Waals surface area contributed by atoms with Gasteiger partial charge < -0.3 is 19.4 Å². The van der Waals surface area contributed by atoms with Crippen LogP contribution in [0.25, 0.3) is 0 Å². The largest absolute Gasteiger partial charge is 0.467 e. The highest BCUT2D eigenvalue weighted by molar-refractivity contribution is 5.27. The Morgan fingerprint density at radius 3 is 2.45 bits per heavy atom. The minimum Gasteiger partial charge on any atom is -0.467 e. The molecule has 8 nitrogen and oxygen atoms in total. The van der Waals surface area contributed by atoms with Crippen molar-refractivity contribution in [1.82, 2.24) is 24.5 Å². The highest BCUT2D eigenvalue weighted by atomic mass is 16.5. The van der Waals surface area contributed by atoms with Gasteiger partial charge in [-0.05, 0) is 12.8 Å². The Bertz CT molecular complexity index is 494. The Labute approximate surface area is 117 Å². The second-order valence-electron chi connectivity index (χ2n) is 4.07. The van der Waals surface area contributed by atoms with Crippen molar-refractivity contribution in [3.8, 4) is 12.0 Å². The topological polar surface area (TPSA) is 87.0 Å². The summed E-state index contributed by atoms with van der Waals surface area (Å²) >= 11 is 0. The molecule has 20 heavy (non-hydrogen) atoms. The zero-order valence-electron chi connectivity index (χ0n) is 11.6. The van der Waals surface area contributed by atoms with Gasteiger partial charge in [-0.3, -0.25) is 0 Å². The summed E-state index contributed by atoms with van der Waals surface area (Å²) < 4.78 is 12.0. The van der Waals surface area contributed by atoms with Crippen molar-refractivity contribution in [3.63, 3.8) is 0 Å². The zero-order chi connectivity index (χ0) is 14.2. The predicted octanol–water partition coefficient (Wildman–Crippen LogP) is 0.978. The molecular weight excluding hydrogens is 260 g/mol. The molecule has 0 spiro atoms. The van der Waals surface area contributed by atoms with Gasteiger partial charge in [-0.15, -0.1) is 4.98 Å². The molecule has 0 amide bonds. The highest BCUT2D eigenvalue weighted by Crippen LogP contribution is 2.11. The molecule has 0 saturated carbocycles. The van der Waals surface area contributed by atoms with E-state index < -0.39 is 0 Å². The van der Waals surface area contributed by atoms with Crippen molar-refractivity contribution in [3.05, 3.63) is 18.7 Å². The average molecular weight is 278 g/mol. The summed E-state index contributed by atoms with van der Waals surface area (Å²) in [6.07, 6.45) is 7.59. The van der Waals surface area contributed by atoms with E-state index in [0.29, 0.717) is 5.95 Å². The zero-order valence-corrected chi connectivity index (χ0v) is 11.6. The van der Waals surface area contributed by atoms with Gasteiger partial charge in [0.1, 0.15) is 0 Å². The Morgan fingerprint density at radius 1 is 1.10 bits per heavy atom. The molecule has 0 aliphatic carbocycles. The average Bonchev–Trinajstić information content (AvgIpc) is 2.99. The molecule has 2 heterocycles. The van der Waals surface area contributed by atoms with Crippen molar-refractivity contribution in [2.75, 3.05) is 26.1 Å². The van der Waals surface area contributed by atoms with E-state index in [4.69, 9.17) is 9.47 Å². The van der Waals surface area contributed by atoms with E-state index in [-0.39, 0.29) is 12.0 Å². The molecule has 0 aliphatic rings. The molecular formula is C12H18N6O2. The van der Waals surface area contributed by atoms with E-state index >= 15 is 0 Å². The molecule has 0 unspecified atom stereocenters. The van der Waals surface area contributed by atoms with Crippen LogP contribution >= 0.6 is 0 Å². The van der Waals surface area contributed by atoms with Crippen LogP contribution in [-0.2, 0) is 6.54 Å². The number of unbranched alkanes of at least 4 members (excludes halogenated alkanes) is 1. The van der Waals surface area contributed by atoms with Gasteiger partial charge in [-0.1, -0.05) is 0 Å². The molecule has 108 valence electrons. The number of aromatic nitrogens is 5. The molecule has 8 heteroatoms. The third kappa shape index (κ3) is 4.08. The van der Waals surface area contributed by atoms with E-state index in [9.17, 15) is 0 Å². The molecule has 0 atom stereocenters.